The zero-order valence-corrected chi connectivity index (χ0v) is 17.5. The van der Waals surface area contributed by atoms with E-state index in [9.17, 15) is 29.7 Å². The van der Waals surface area contributed by atoms with E-state index in [1.54, 1.807) is 0 Å². The van der Waals surface area contributed by atoms with Gasteiger partial charge in [-0.05, 0) is 39.0 Å². The molecule has 0 unspecified atom stereocenters. The Hall–Kier alpha value is -1.01. The first-order chi connectivity index (χ1) is 9.38. The molecule has 0 spiro atoms. The molecule has 0 aromatic rings. The number of carbonyl (C=O) groups is 3. The van der Waals surface area contributed by atoms with Crippen molar-refractivity contribution in [2.24, 2.45) is 0 Å². The summed E-state index contributed by atoms with van der Waals surface area (Å²) in [7, 11) is 0. The van der Waals surface area contributed by atoms with Gasteiger partial charge in [0, 0.05) is 0 Å². The summed E-state index contributed by atoms with van der Waals surface area (Å²) >= 11 is 0. The van der Waals surface area contributed by atoms with Crippen LogP contribution in [-0.2, 0) is 14.4 Å². The monoisotopic (exact) mass is 438 g/mol. The SMILES string of the molecule is CC(=O)C=C(C)[O-].CC(=O)C=C(C)[O-].CC(=O)C=C(C)[O-].[Pr+3]. The summed E-state index contributed by atoms with van der Waals surface area (Å²) < 4.78 is 0. The standard InChI is InChI=1S/3C5H8O2.Pr/c3*1-4(6)3-5(2)7;/h3*3,6H,1-2H3;/q;;;+3/p-3. The summed E-state index contributed by atoms with van der Waals surface area (Å²) in [4.78, 5) is 29.9. The molecule has 0 aliphatic carbocycles. The predicted molar refractivity (Wildman–Crippen MR) is 73.3 cm³/mol. The fraction of sp³-hybridized carbons (Fsp3) is 0.400. The number of hydrogen-bond acceptors (Lipinski definition) is 6. The smallest absolute Gasteiger partial charge is 0.876 e. The van der Waals surface area contributed by atoms with Gasteiger partial charge in [-0.15, -0.1) is 17.3 Å². The van der Waals surface area contributed by atoms with Gasteiger partial charge < -0.3 is 15.3 Å². The minimum atomic E-state index is -0.187. The Bertz CT molecular complexity index is 368. The van der Waals surface area contributed by atoms with Crippen molar-refractivity contribution in [1.29, 1.82) is 0 Å². The van der Waals surface area contributed by atoms with Crippen molar-refractivity contribution in [1.82, 2.24) is 0 Å². The maximum atomic E-state index is 9.98. The fourth-order valence-corrected chi connectivity index (χ4v) is 0.859. The molecule has 0 atom stereocenters. The molecule has 0 bridgehead atoms. The van der Waals surface area contributed by atoms with Crippen molar-refractivity contribution in [2.75, 3.05) is 0 Å². The molecule has 0 fully saturated rings. The number of carbonyl (C=O) groups excluding carboxylic acids is 3. The van der Waals surface area contributed by atoms with Crippen LogP contribution in [0.1, 0.15) is 41.5 Å². The van der Waals surface area contributed by atoms with Gasteiger partial charge in [-0.1, -0.05) is 20.8 Å². The molecule has 0 aliphatic heterocycles. The van der Waals surface area contributed by atoms with Crippen molar-refractivity contribution in [3.8, 4) is 0 Å². The van der Waals surface area contributed by atoms with E-state index in [0.717, 1.165) is 18.2 Å². The van der Waals surface area contributed by atoms with Crippen molar-refractivity contribution in [3.63, 3.8) is 0 Å². The zero-order chi connectivity index (χ0) is 17.6. The molecule has 0 saturated carbocycles. The predicted octanol–water partition coefficient (Wildman–Crippen LogP) is -0.481. The van der Waals surface area contributed by atoms with E-state index in [0.29, 0.717) is 0 Å². The first-order valence-corrected chi connectivity index (χ1v) is 5.96. The largest absolute Gasteiger partial charge is 3.00 e. The molecule has 0 aromatic heterocycles. The van der Waals surface area contributed by atoms with Crippen LogP contribution in [-0.4, -0.2) is 17.3 Å². The third-order valence-corrected chi connectivity index (χ3v) is 1.22. The molecule has 7 heteroatoms. The van der Waals surface area contributed by atoms with Crippen molar-refractivity contribution < 1.29 is 71.0 Å². The van der Waals surface area contributed by atoms with Crippen molar-refractivity contribution in [2.45, 2.75) is 41.5 Å². The molecular weight excluding hydrogens is 417 g/mol. The van der Waals surface area contributed by atoms with Crippen molar-refractivity contribution >= 4 is 17.3 Å². The van der Waals surface area contributed by atoms with E-state index in [-0.39, 0.29) is 75.9 Å². The Balaban J connectivity index is -0.000000108. The summed E-state index contributed by atoms with van der Waals surface area (Å²) in [6, 6.07) is 0. The average Bonchev–Trinajstić information content (AvgIpc) is 2.10. The first kappa shape index (κ1) is 29.1. The van der Waals surface area contributed by atoms with Gasteiger partial charge >= 0.3 is 41.3 Å². The molecule has 0 heterocycles. The van der Waals surface area contributed by atoms with Gasteiger partial charge in [-0.25, -0.2) is 0 Å². The second-order valence-corrected chi connectivity index (χ2v) is 4.10. The molecule has 0 radical (unpaired) electrons. The van der Waals surface area contributed by atoms with Crippen LogP contribution in [0.5, 0.6) is 0 Å². The average molecular weight is 438 g/mol. The fourth-order valence-electron chi connectivity index (χ4n) is 0.859. The van der Waals surface area contributed by atoms with Gasteiger partial charge in [-0.3, -0.25) is 14.4 Å². The van der Waals surface area contributed by atoms with Crippen LogP contribution >= 0.6 is 0 Å². The molecule has 0 aromatic carbocycles. The Kier molecular flexibility index (Phi) is 23.8. The van der Waals surface area contributed by atoms with Gasteiger partial charge in [-0.2, -0.15) is 0 Å². The molecule has 0 rings (SSSR count). The summed E-state index contributed by atoms with van der Waals surface area (Å²) in [5, 5.41) is 29.9. The van der Waals surface area contributed by atoms with Gasteiger partial charge in [0.2, 0.25) is 0 Å². The Morgan fingerprint density at radius 2 is 0.682 bits per heavy atom. The van der Waals surface area contributed by atoms with Crippen LogP contribution in [0.25, 0.3) is 0 Å². The maximum Gasteiger partial charge on any atom is 3.00 e. The number of rotatable bonds is 3. The van der Waals surface area contributed by atoms with Gasteiger partial charge in [0.25, 0.3) is 0 Å². The molecule has 22 heavy (non-hydrogen) atoms. The molecule has 6 nitrogen and oxygen atoms in total. The molecule has 0 aliphatic rings. The van der Waals surface area contributed by atoms with Crippen LogP contribution in [0.3, 0.4) is 0 Å². The second-order valence-electron chi connectivity index (χ2n) is 4.10. The van der Waals surface area contributed by atoms with E-state index >= 15 is 0 Å². The Labute approximate surface area is 164 Å². The minimum absolute atomic E-state index is 0. The molecular formula is C15H21O6Pr. The Morgan fingerprint density at radius 1 is 0.545 bits per heavy atom. The van der Waals surface area contributed by atoms with Crippen LogP contribution in [0, 0.1) is 41.3 Å². The van der Waals surface area contributed by atoms with Gasteiger partial charge in [0.05, 0.1) is 0 Å². The van der Waals surface area contributed by atoms with Gasteiger partial charge in [0.15, 0.2) is 17.3 Å². The van der Waals surface area contributed by atoms with Crippen LogP contribution < -0.4 is 15.3 Å². The second kappa shape index (κ2) is 18.0. The number of allylic oxidation sites excluding steroid dienone is 6. The minimum Gasteiger partial charge on any atom is -0.876 e. The molecule has 0 saturated heterocycles. The Morgan fingerprint density at radius 3 is 0.682 bits per heavy atom. The summed E-state index contributed by atoms with van der Waals surface area (Å²) in [5.41, 5.74) is 0. The topological polar surface area (TPSA) is 120 Å². The van der Waals surface area contributed by atoms with Crippen LogP contribution in [0.15, 0.2) is 35.5 Å². The van der Waals surface area contributed by atoms with E-state index in [1.807, 2.05) is 0 Å². The summed E-state index contributed by atoms with van der Waals surface area (Å²) in [5.74, 6) is -1.12. The number of hydrogen-bond donors (Lipinski definition) is 0. The van der Waals surface area contributed by atoms with Crippen LogP contribution in [0.4, 0.5) is 0 Å². The quantitative estimate of drug-likeness (QED) is 0.434. The third kappa shape index (κ3) is 50.9. The zero-order valence-electron chi connectivity index (χ0n) is 13.8. The van der Waals surface area contributed by atoms with Gasteiger partial charge in [0.1, 0.15) is 0 Å². The molecule has 120 valence electrons. The molecule has 0 N–H and O–H groups in total. The van der Waals surface area contributed by atoms with E-state index < -0.39 is 0 Å². The summed E-state index contributed by atoms with van der Waals surface area (Å²) in [6.45, 7) is 8.09. The molecule has 0 amide bonds. The van der Waals surface area contributed by atoms with Crippen molar-refractivity contribution in [3.05, 3.63) is 35.5 Å². The third-order valence-electron chi connectivity index (χ3n) is 1.22. The van der Waals surface area contributed by atoms with E-state index in [1.165, 1.54) is 41.5 Å². The van der Waals surface area contributed by atoms with E-state index in [4.69, 9.17) is 0 Å². The number of ketones is 3. The first-order valence-electron chi connectivity index (χ1n) is 5.96. The maximum absolute atomic E-state index is 9.98. The van der Waals surface area contributed by atoms with Crippen LogP contribution in [0.2, 0.25) is 0 Å². The summed E-state index contributed by atoms with van der Waals surface area (Å²) in [6.07, 6.45) is 3.17. The van der Waals surface area contributed by atoms with E-state index in [2.05, 4.69) is 0 Å². The normalized spacial score (nSPS) is 10.9.